The van der Waals surface area contributed by atoms with Gasteiger partial charge in [0.15, 0.2) is 0 Å². The molecular weight excluding hydrogens is 178 g/mol. The van der Waals surface area contributed by atoms with E-state index in [4.69, 9.17) is 10.5 Å². The lowest BCUT2D eigenvalue weighted by Gasteiger charge is -2.24. The van der Waals surface area contributed by atoms with E-state index in [-0.39, 0.29) is 23.8 Å². The highest BCUT2D eigenvalue weighted by Crippen LogP contribution is 2.17. The fourth-order valence-corrected chi connectivity index (χ4v) is 0.586. The third kappa shape index (κ3) is 4.57. The van der Waals surface area contributed by atoms with Crippen molar-refractivity contribution in [1.82, 2.24) is 0 Å². The molecule has 0 aromatic heterocycles. The molecular formula is C8H18ClNO2. The second-order valence-electron chi connectivity index (χ2n) is 3.60. The van der Waals surface area contributed by atoms with E-state index in [9.17, 15) is 4.79 Å². The molecule has 12 heavy (non-hydrogen) atoms. The summed E-state index contributed by atoms with van der Waals surface area (Å²) in [7, 11) is 0. The smallest absolute Gasteiger partial charge is 0.323 e. The zero-order chi connectivity index (χ0) is 9.07. The molecule has 0 amide bonds. The minimum atomic E-state index is -0.526. The molecule has 0 aliphatic carbocycles. The van der Waals surface area contributed by atoms with Gasteiger partial charge in [0.05, 0.1) is 6.61 Å². The Morgan fingerprint density at radius 2 is 1.92 bits per heavy atom. The Balaban J connectivity index is 0. The van der Waals surface area contributed by atoms with Crippen molar-refractivity contribution in [3.8, 4) is 0 Å². The Morgan fingerprint density at radius 1 is 1.50 bits per heavy atom. The summed E-state index contributed by atoms with van der Waals surface area (Å²) in [6, 6.07) is -0.526. The second-order valence-corrected chi connectivity index (χ2v) is 3.60. The third-order valence-electron chi connectivity index (χ3n) is 1.47. The topological polar surface area (TPSA) is 52.3 Å². The standard InChI is InChI=1S/C8H17NO2.ClH/c1-5-11-7(10)6(9)8(2,3)4;/h6H,5,9H2,1-4H3;1H/t6-;/m0./s1. The van der Waals surface area contributed by atoms with Gasteiger partial charge in [0.25, 0.3) is 0 Å². The van der Waals surface area contributed by atoms with Gasteiger partial charge < -0.3 is 10.5 Å². The van der Waals surface area contributed by atoms with Crippen LogP contribution in [-0.4, -0.2) is 18.6 Å². The Bertz CT molecular complexity index is 142. The molecule has 0 fully saturated rings. The van der Waals surface area contributed by atoms with Crippen LogP contribution in [0, 0.1) is 5.41 Å². The largest absolute Gasteiger partial charge is 0.465 e. The van der Waals surface area contributed by atoms with Crippen molar-refractivity contribution in [3.05, 3.63) is 0 Å². The van der Waals surface area contributed by atoms with Gasteiger partial charge in [-0.1, -0.05) is 20.8 Å². The first-order valence-corrected chi connectivity index (χ1v) is 3.81. The summed E-state index contributed by atoms with van der Waals surface area (Å²) in [6.07, 6.45) is 0. The highest BCUT2D eigenvalue weighted by atomic mass is 35.5. The van der Waals surface area contributed by atoms with Gasteiger partial charge >= 0.3 is 5.97 Å². The molecule has 0 spiro atoms. The summed E-state index contributed by atoms with van der Waals surface area (Å²) >= 11 is 0. The number of hydrogen-bond donors (Lipinski definition) is 1. The molecule has 0 aliphatic heterocycles. The van der Waals surface area contributed by atoms with Crippen LogP contribution in [0.5, 0.6) is 0 Å². The van der Waals surface area contributed by atoms with Gasteiger partial charge in [0.2, 0.25) is 0 Å². The monoisotopic (exact) mass is 195 g/mol. The maximum atomic E-state index is 11.0. The third-order valence-corrected chi connectivity index (χ3v) is 1.47. The van der Waals surface area contributed by atoms with Crippen LogP contribution < -0.4 is 5.73 Å². The van der Waals surface area contributed by atoms with E-state index in [0.29, 0.717) is 6.61 Å². The summed E-state index contributed by atoms with van der Waals surface area (Å²) in [4.78, 5) is 11.0. The Kier molecular flexibility index (Phi) is 6.39. The molecule has 0 saturated heterocycles. The highest BCUT2D eigenvalue weighted by molar-refractivity contribution is 5.85. The van der Waals surface area contributed by atoms with Gasteiger partial charge in [-0.25, -0.2) is 0 Å². The number of carbonyl (C=O) groups is 1. The molecule has 0 unspecified atom stereocenters. The van der Waals surface area contributed by atoms with E-state index < -0.39 is 6.04 Å². The molecule has 0 radical (unpaired) electrons. The highest BCUT2D eigenvalue weighted by Gasteiger charge is 2.28. The lowest BCUT2D eigenvalue weighted by Crippen LogP contribution is -2.43. The van der Waals surface area contributed by atoms with Crippen LogP contribution in [0.4, 0.5) is 0 Å². The van der Waals surface area contributed by atoms with Crippen molar-refractivity contribution < 1.29 is 9.53 Å². The molecule has 0 aliphatic rings. The van der Waals surface area contributed by atoms with Crippen molar-refractivity contribution in [1.29, 1.82) is 0 Å². The maximum absolute atomic E-state index is 11.0. The average Bonchev–Trinajstić information content (AvgIpc) is 1.85. The maximum Gasteiger partial charge on any atom is 0.323 e. The summed E-state index contributed by atoms with van der Waals surface area (Å²) in [5, 5.41) is 0. The van der Waals surface area contributed by atoms with Crippen molar-refractivity contribution in [2.75, 3.05) is 6.61 Å². The van der Waals surface area contributed by atoms with Crippen LogP contribution in [0.2, 0.25) is 0 Å². The van der Waals surface area contributed by atoms with Gasteiger partial charge in [0.1, 0.15) is 6.04 Å². The van der Waals surface area contributed by atoms with Gasteiger partial charge in [-0.15, -0.1) is 12.4 Å². The van der Waals surface area contributed by atoms with Crippen LogP contribution in [0.3, 0.4) is 0 Å². The first-order chi connectivity index (χ1) is 4.89. The van der Waals surface area contributed by atoms with Crippen molar-refractivity contribution in [2.45, 2.75) is 33.7 Å². The number of rotatable bonds is 2. The van der Waals surface area contributed by atoms with E-state index in [1.54, 1.807) is 6.92 Å². The molecule has 0 heterocycles. The number of halogens is 1. The number of hydrogen-bond acceptors (Lipinski definition) is 3. The number of nitrogens with two attached hydrogens (primary N) is 1. The summed E-state index contributed by atoms with van der Waals surface area (Å²) in [6.45, 7) is 7.90. The zero-order valence-corrected chi connectivity index (χ0v) is 8.90. The molecule has 0 bridgehead atoms. The van der Waals surface area contributed by atoms with Crippen LogP contribution in [-0.2, 0) is 9.53 Å². The quantitative estimate of drug-likeness (QED) is 0.677. The number of esters is 1. The molecule has 0 aromatic rings. The van der Waals surface area contributed by atoms with Crippen LogP contribution >= 0.6 is 12.4 Å². The second kappa shape index (κ2) is 5.38. The minimum Gasteiger partial charge on any atom is -0.465 e. The first kappa shape index (κ1) is 14.3. The molecule has 0 saturated carbocycles. The Hall–Kier alpha value is -0.280. The average molecular weight is 196 g/mol. The number of carbonyl (C=O) groups excluding carboxylic acids is 1. The SMILES string of the molecule is CCOC(=O)[C@H](N)C(C)(C)C.Cl. The Labute approximate surface area is 80.1 Å². The molecule has 74 valence electrons. The van der Waals surface area contributed by atoms with Gasteiger partial charge in [-0.05, 0) is 12.3 Å². The van der Waals surface area contributed by atoms with Crippen molar-refractivity contribution >= 4 is 18.4 Å². The molecule has 2 N–H and O–H groups in total. The summed E-state index contributed by atoms with van der Waals surface area (Å²) < 4.78 is 4.77. The van der Waals surface area contributed by atoms with Crippen molar-refractivity contribution in [3.63, 3.8) is 0 Å². The van der Waals surface area contributed by atoms with Gasteiger partial charge in [0, 0.05) is 0 Å². The van der Waals surface area contributed by atoms with Crippen LogP contribution in [0.15, 0.2) is 0 Å². The van der Waals surface area contributed by atoms with E-state index in [2.05, 4.69) is 0 Å². The zero-order valence-electron chi connectivity index (χ0n) is 8.09. The van der Waals surface area contributed by atoms with E-state index in [1.807, 2.05) is 20.8 Å². The molecule has 3 nitrogen and oxygen atoms in total. The number of ether oxygens (including phenoxy) is 1. The predicted molar refractivity (Wildman–Crippen MR) is 51.3 cm³/mol. The lowest BCUT2D eigenvalue weighted by atomic mass is 9.87. The fourth-order valence-electron chi connectivity index (χ4n) is 0.586. The van der Waals surface area contributed by atoms with E-state index >= 15 is 0 Å². The molecule has 4 heteroatoms. The molecule has 1 atom stereocenters. The van der Waals surface area contributed by atoms with E-state index in [0.717, 1.165) is 0 Å². The fraction of sp³-hybridized carbons (Fsp3) is 0.875. The van der Waals surface area contributed by atoms with Gasteiger partial charge in [-0.3, -0.25) is 4.79 Å². The molecule has 0 aromatic carbocycles. The Morgan fingerprint density at radius 3 is 2.17 bits per heavy atom. The predicted octanol–water partition coefficient (Wildman–Crippen LogP) is 1.34. The minimum absolute atomic E-state index is 0. The normalized spacial score (nSPS) is 13.1. The first-order valence-electron chi connectivity index (χ1n) is 3.81. The van der Waals surface area contributed by atoms with Crippen molar-refractivity contribution in [2.24, 2.45) is 11.1 Å². The van der Waals surface area contributed by atoms with Gasteiger partial charge in [-0.2, -0.15) is 0 Å². The lowest BCUT2D eigenvalue weighted by molar-refractivity contribution is -0.147. The molecule has 0 rings (SSSR count). The summed E-state index contributed by atoms with van der Waals surface area (Å²) in [5.41, 5.74) is 5.39. The van der Waals surface area contributed by atoms with Crippen LogP contribution in [0.25, 0.3) is 0 Å². The van der Waals surface area contributed by atoms with E-state index in [1.165, 1.54) is 0 Å². The van der Waals surface area contributed by atoms with Crippen LogP contribution in [0.1, 0.15) is 27.7 Å². The summed E-state index contributed by atoms with van der Waals surface area (Å²) in [5.74, 6) is -0.319.